The number of aromatic nitrogens is 2. The minimum Gasteiger partial charge on any atom is -0.454 e. The maximum atomic E-state index is 12.8. The molecule has 8 nitrogen and oxygen atoms in total. The van der Waals surface area contributed by atoms with Crippen LogP contribution in [0, 0.1) is 13.8 Å². The van der Waals surface area contributed by atoms with Crippen LogP contribution >= 0.6 is 11.3 Å². The predicted octanol–water partition coefficient (Wildman–Crippen LogP) is 3.39. The fourth-order valence-corrected chi connectivity index (χ4v) is 4.73. The van der Waals surface area contributed by atoms with E-state index in [1.165, 1.54) is 23.5 Å². The lowest BCUT2D eigenvalue weighted by molar-refractivity contribution is 0.0474. The fourth-order valence-electron chi connectivity index (χ4n) is 3.50. The molecule has 0 amide bonds. The highest BCUT2D eigenvalue weighted by atomic mass is 32.2. The number of carbonyl (C=O) groups is 2. The summed E-state index contributed by atoms with van der Waals surface area (Å²) in [5.74, 6) is -0.918. The zero-order chi connectivity index (χ0) is 23.0. The van der Waals surface area contributed by atoms with Gasteiger partial charge in [0.1, 0.15) is 0 Å². The number of sulfonamides is 1. The number of fused-ring (bicyclic) bond motifs is 1. The molecule has 0 aliphatic rings. The molecule has 10 heteroatoms. The Morgan fingerprint density at radius 2 is 1.81 bits per heavy atom. The van der Waals surface area contributed by atoms with Crippen molar-refractivity contribution < 1.29 is 22.7 Å². The Balaban J connectivity index is 1.51. The Hall–Kier alpha value is -3.34. The SMILES string of the molecule is Cc1cc(C(=O)COC(=O)c2ccc3ncsc3c2)c(C)n1-c1ccc(S(N)(=O)=O)cc1. The Morgan fingerprint density at radius 3 is 2.50 bits per heavy atom. The predicted molar refractivity (Wildman–Crippen MR) is 121 cm³/mol. The molecule has 0 saturated carbocycles. The van der Waals surface area contributed by atoms with E-state index in [1.807, 2.05) is 11.5 Å². The second-order valence-electron chi connectivity index (χ2n) is 7.19. The van der Waals surface area contributed by atoms with Crippen molar-refractivity contribution in [3.8, 4) is 5.69 Å². The summed E-state index contributed by atoms with van der Waals surface area (Å²) in [4.78, 5) is 29.3. The van der Waals surface area contributed by atoms with Gasteiger partial charge in [-0.15, -0.1) is 11.3 Å². The van der Waals surface area contributed by atoms with E-state index in [2.05, 4.69) is 4.98 Å². The summed E-state index contributed by atoms with van der Waals surface area (Å²) in [6.45, 7) is 3.20. The molecule has 0 saturated heterocycles. The van der Waals surface area contributed by atoms with E-state index in [0.29, 0.717) is 22.5 Å². The van der Waals surface area contributed by atoms with Crippen LogP contribution < -0.4 is 5.14 Å². The number of aryl methyl sites for hydroxylation is 1. The second kappa shape index (κ2) is 8.30. The summed E-state index contributed by atoms with van der Waals surface area (Å²) in [5.41, 5.74) is 5.38. The van der Waals surface area contributed by atoms with Gasteiger partial charge in [0.25, 0.3) is 0 Å². The third-order valence-corrected chi connectivity index (χ3v) is 6.78. The highest BCUT2D eigenvalue weighted by Crippen LogP contribution is 2.23. The van der Waals surface area contributed by atoms with Gasteiger partial charge in [0.15, 0.2) is 6.61 Å². The number of ether oxygens (including phenoxy) is 1. The number of benzene rings is 2. The molecular formula is C22H19N3O5S2. The summed E-state index contributed by atoms with van der Waals surface area (Å²) < 4.78 is 30.9. The van der Waals surface area contributed by atoms with Crippen molar-refractivity contribution in [1.82, 2.24) is 9.55 Å². The molecule has 4 aromatic rings. The molecule has 0 radical (unpaired) electrons. The molecule has 4 rings (SSSR count). The molecule has 32 heavy (non-hydrogen) atoms. The van der Waals surface area contributed by atoms with Crippen molar-refractivity contribution in [2.75, 3.05) is 6.61 Å². The number of nitrogens with zero attached hydrogens (tertiary/aromatic N) is 2. The Bertz CT molecular complexity index is 1450. The molecule has 0 spiro atoms. The number of hydrogen-bond donors (Lipinski definition) is 1. The molecule has 0 bridgehead atoms. The van der Waals surface area contributed by atoms with Crippen LogP contribution in [0.5, 0.6) is 0 Å². The maximum absolute atomic E-state index is 12.8. The monoisotopic (exact) mass is 469 g/mol. The lowest BCUT2D eigenvalue weighted by atomic mass is 10.1. The largest absolute Gasteiger partial charge is 0.454 e. The number of hydrogen-bond acceptors (Lipinski definition) is 7. The van der Waals surface area contributed by atoms with E-state index in [1.54, 1.807) is 48.8 Å². The summed E-state index contributed by atoms with van der Waals surface area (Å²) >= 11 is 1.42. The van der Waals surface area contributed by atoms with Crippen molar-refractivity contribution in [3.63, 3.8) is 0 Å². The first kappa shape index (κ1) is 21.9. The van der Waals surface area contributed by atoms with Crippen LogP contribution in [0.25, 0.3) is 15.9 Å². The van der Waals surface area contributed by atoms with Crippen LogP contribution in [0.1, 0.15) is 32.1 Å². The minimum absolute atomic E-state index is 0.00319. The second-order valence-corrected chi connectivity index (χ2v) is 9.64. The molecule has 0 aliphatic heterocycles. The van der Waals surface area contributed by atoms with Crippen molar-refractivity contribution in [1.29, 1.82) is 0 Å². The third kappa shape index (κ3) is 4.20. The summed E-state index contributed by atoms with van der Waals surface area (Å²) in [6.07, 6.45) is 0. The molecular weight excluding hydrogens is 450 g/mol. The lowest BCUT2D eigenvalue weighted by Crippen LogP contribution is -2.15. The molecule has 0 unspecified atom stereocenters. The smallest absolute Gasteiger partial charge is 0.338 e. The lowest BCUT2D eigenvalue weighted by Gasteiger charge is -2.10. The normalized spacial score (nSPS) is 11.6. The van der Waals surface area contributed by atoms with Crippen molar-refractivity contribution in [3.05, 3.63) is 76.6 Å². The van der Waals surface area contributed by atoms with E-state index in [9.17, 15) is 18.0 Å². The molecule has 2 aromatic carbocycles. The van der Waals surface area contributed by atoms with E-state index < -0.39 is 22.6 Å². The van der Waals surface area contributed by atoms with Gasteiger partial charge in [-0.2, -0.15) is 0 Å². The van der Waals surface area contributed by atoms with Gasteiger partial charge in [-0.3, -0.25) is 4.79 Å². The van der Waals surface area contributed by atoms with Crippen molar-refractivity contribution in [2.45, 2.75) is 18.7 Å². The molecule has 2 aromatic heterocycles. The summed E-state index contributed by atoms with van der Waals surface area (Å²) in [6, 6.07) is 12.8. The Labute approximate surface area is 188 Å². The van der Waals surface area contributed by atoms with Crippen LogP contribution in [-0.4, -0.2) is 36.3 Å². The first-order valence-electron chi connectivity index (χ1n) is 9.51. The Kier molecular flexibility index (Phi) is 5.68. The minimum atomic E-state index is -3.79. The van der Waals surface area contributed by atoms with E-state index in [0.717, 1.165) is 15.9 Å². The van der Waals surface area contributed by atoms with Gasteiger partial charge < -0.3 is 9.30 Å². The van der Waals surface area contributed by atoms with Crippen molar-refractivity contribution in [2.24, 2.45) is 5.14 Å². The van der Waals surface area contributed by atoms with E-state index in [-0.39, 0.29) is 10.7 Å². The van der Waals surface area contributed by atoms with Gasteiger partial charge in [-0.25, -0.2) is 23.3 Å². The van der Waals surface area contributed by atoms with Crippen molar-refractivity contribution >= 4 is 43.3 Å². The molecule has 0 fully saturated rings. The number of carbonyl (C=O) groups excluding carboxylic acids is 2. The van der Waals surface area contributed by atoms with Crippen LogP contribution in [0.15, 0.2) is 58.9 Å². The van der Waals surface area contributed by atoms with Crippen LogP contribution in [0.4, 0.5) is 0 Å². The molecule has 2 heterocycles. The number of thiazole rings is 1. The maximum Gasteiger partial charge on any atom is 0.338 e. The molecule has 0 atom stereocenters. The number of ketones is 1. The van der Waals surface area contributed by atoms with Gasteiger partial charge in [0.2, 0.25) is 15.8 Å². The topological polar surface area (TPSA) is 121 Å². The highest BCUT2D eigenvalue weighted by Gasteiger charge is 2.19. The van der Waals surface area contributed by atoms with E-state index >= 15 is 0 Å². The van der Waals surface area contributed by atoms with Crippen LogP contribution in [0.2, 0.25) is 0 Å². The quantitative estimate of drug-likeness (QED) is 0.341. The molecule has 0 aliphatic carbocycles. The standard InChI is InChI=1S/C22H19N3O5S2/c1-13-9-18(14(2)25(13)16-4-6-17(7-5-16)32(23,28)29)20(26)11-30-22(27)15-3-8-19-21(10-15)31-12-24-19/h3-10,12H,11H2,1-2H3,(H2,23,28,29). The molecule has 164 valence electrons. The van der Waals surface area contributed by atoms with Gasteiger partial charge in [0.05, 0.1) is 26.2 Å². The van der Waals surface area contributed by atoms with Gasteiger partial charge in [-0.1, -0.05) is 0 Å². The summed E-state index contributed by atoms with van der Waals surface area (Å²) in [5, 5.41) is 5.15. The fraction of sp³-hybridized carbons (Fsp3) is 0.136. The number of Topliss-reactive ketones (excluding diaryl/α,β-unsaturated/α-hetero) is 1. The average Bonchev–Trinajstić information content (AvgIpc) is 3.34. The van der Waals surface area contributed by atoms with Gasteiger partial charge >= 0.3 is 5.97 Å². The van der Waals surface area contributed by atoms with Crippen LogP contribution in [-0.2, 0) is 14.8 Å². The van der Waals surface area contributed by atoms with Gasteiger partial charge in [-0.05, 0) is 62.4 Å². The third-order valence-electron chi connectivity index (χ3n) is 5.06. The summed E-state index contributed by atoms with van der Waals surface area (Å²) in [7, 11) is -3.79. The first-order valence-corrected chi connectivity index (χ1v) is 11.9. The van der Waals surface area contributed by atoms with Gasteiger partial charge in [0, 0.05) is 22.6 Å². The first-order chi connectivity index (χ1) is 15.1. The highest BCUT2D eigenvalue weighted by molar-refractivity contribution is 7.89. The zero-order valence-corrected chi connectivity index (χ0v) is 18.9. The van der Waals surface area contributed by atoms with E-state index in [4.69, 9.17) is 9.88 Å². The zero-order valence-electron chi connectivity index (χ0n) is 17.2. The average molecular weight is 470 g/mol. The number of primary sulfonamides is 1. The Morgan fingerprint density at radius 1 is 1.09 bits per heavy atom. The number of rotatable bonds is 6. The molecule has 2 N–H and O–H groups in total. The number of esters is 1. The number of nitrogens with two attached hydrogens (primary N) is 1. The van der Waals surface area contributed by atoms with Crippen LogP contribution in [0.3, 0.4) is 0 Å².